The lowest BCUT2D eigenvalue weighted by atomic mass is 10.2. The van der Waals surface area contributed by atoms with E-state index in [-0.39, 0.29) is 11.3 Å². The van der Waals surface area contributed by atoms with E-state index in [1.54, 1.807) is 35.0 Å². The van der Waals surface area contributed by atoms with Crippen LogP contribution in [-0.2, 0) is 6.54 Å². The highest BCUT2D eigenvalue weighted by Gasteiger charge is 2.24. The third-order valence-corrected chi connectivity index (χ3v) is 4.57. The molecule has 1 N–H and O–H groups in total. The van der Waals surface area contributed by atoms with Crippen LogP contribution in [0.1, 0.15) is 30.1 Å². The molecule has 2 aromatic rings. The van der Waals surface area contributed by atoms with Crippen LogP contribution in [0.2, 0.25) is 0 Å². The molecule has 132 valence electrons. The predicted octanol–water partition coefficient (Wildman–Crippen LogP) is 2.82. The van der Waals surface area contributed by atoms with Crippen LogP contribution in [0.25, 0.3) is 0 Å². The van der Waals surface area contributed by atoms with E-state index in [2.05, 4.69) is 11.8 Å². The Morgan fingerprint density at radius 1 is 1.28 bits per heavy atom. The lowest BCUT2D eigenvalue weighted by Crippen LogP contribution is -2.33. The number of rotatable bonds is 6. The van der Waals surface area contributed by atoms with Crippen molar-refractivity contribution in [2.45, 2.75) is 32.4 Å². The van der Waals surface area contributed by atoms with Crippen molar-refractivity contribution in [2.75, 3.05) is 13.1 Å². The molecule has 3 rings (SSSR count). The number of benzene rings is 1. The smallest absolute Gasteiger partial charge is 0.341 e. The van der Waals surface area contributed by atoms with E-state index in [4.69, 9.17) is 4.74 Å². The number of carboxylic acid groups (broad SMARTS) is 1. The number of ether oxygens (including phenoxy) is 1. The van der Waals surface area contributed by atoms with Crippen molar-refractivity contribution in [2.24, 2.45) is 0 Å². The van der Waals surface area contributed by atoms with Gasteiger partial charge in [0.25, 0.3) is 0 Å². The van der Waals surface area contributed by atoms with Crippen LogP contribution >= 0.6 is 0 Å². The van der Waals surface area contributed by atoms with Crippen LogP contribution in [-0.4, -0.2) is 39.7 Å². The molecule has 0 spiro atoms. The summed E-state index contributed by atoms with van der Waals surface area (Å²) in [6.45, 7) is 4.78. The summed E-state index contributed by atoms with van der Waals surface area (Å²) in [5, 5.41) is 9.36. The van der Waals surface area contributed by atoms with E-state index in [1.165, 1.54) is 6.20 Å². The van der Waals surface area contributed by atoms with Gasteiger partial charge in [-0.15, -0.1) is 0 Å². The summed E-state index contributed by atoms with van der Waals surface area (Å²) >= 11 is 0. The first-order valence-electron chi connectivity index (χ1n) is 8.53. The molecular weight excluding hydrogens is 320 g/mol. The normalized spacial score (nSPS) is 17.6. The van der Waals surface area contributed by atoms with E-state index in [0.29, 0.717) is 18.3 Å². The number of hydrogen-bond acceptors (Lipinski definition) is 4. The standard InChI is InChI=1S/C19H22N2O4/c1-2-21-10-6-7-14(21)11-20-12-16(19(23)24)18(22)17(13-20)25-15-8-4-3-5-9-15/h3-5,8-9,12-14H,2,6-7,10-11H2,1H3,(H,23,24)/t14-/m0/s1. The number of aromatic nitrogens is 1. The number of carbonyl (C=O) groups is 1. The molecule has 1 fully saturated rings. The van der Waals surface area contributed by atoms with Crippen LogP contribution in [0.3, 0.4) is 0 Å². The number of para-hydroxylation sites is 1. The lowest BCUT2D eigenvalue weighted by molar-refractivity contribution is 0.0693. The number of carboxylic acids is 1. The predicted molar refractivity (Wildman–Crippen MR) is 94.4 cm³/mol. The van der Waals surface area contributed by atoms with Crippen molar-refractivity contribution in [3.8, 4) is 11.5 Å². The highest BCUT2D eigenvalue weighted by molar-refractivity contribution is 5.87. The van der Waals surface area contributed by atoms with Crippen molar-refractivity contribution >= 4 is 5.97 Å². The maximum absolute atomic E-state index is 12.4. The molecule has 1 aliphatic heterocycles. The Labute approximate surface area is 146 Å². The van der Waals surface area contributed by atoms with Gasteiger partial charge in [-0.05, 0) is 38.1 Å². The number of likely N-dealkylation sites (N-methyl/N-ethyl adjacent to an activating group) is 1. The molecule has 1 saturated heterocycles. The zero-order chi connectivity index (χ0) is 17.8. The maximum Gasteiger partial charge on any atom is 0.341 e. The Bertz CT molecular complexity index is 801. The second kappa shape index (κ2) is 7.53. The van der Waals surface area contributed by atoms with Gasteiger partial charge in [-0.25, -0.2) is 4.79 Å². The Morgan fingerprint density at radius 2 is 2.04 bits per heavy atom. The molecule has 2 heterocycles. The molecule has 1 aromatic carbocycles. The van der Waals surface area contributed by atoms with Gasteiger partial charge < -0.3 is 14.4 Å². The summed E-state index contributed by atoms with van der Waals surface area (Å²) in [7, 11) is 0. The molecule has 1 aliphatic rings. The largest absolute Gasteiger partial charge is 0.477 e. The van der Waals surface area contributed by atoms with Crippen LogP contribution in [0, 0.1) is 0 Å². The molecule has 0 bridgehead atoms. The molecule has 0 unspecified atom stereocenters. The first-order valence-corrected chi connectivity index (χ1v) is 8.53. The van der Waals surface area contributed by atoms with Gasteiger partial charge in [-0.1, -0.05) is 25.1 Å². The van der Waals surface area contributed by atoms with E-state index in [1.807, 2.05) is 6.07 Å². The fraction of sp³-hybridized carbons (Fsp3) is 0.368. The van der Waals surface area contributed by atoms with Crippen molar-refractivity contribution in [1.29, 1.82) is 0 Å². The number of hydrogen-bond donors (Lipinski definition) is 1. The first kappa shape index (κ1) is 17.2. The Kier molecular flexibility index (Phi) is 5.19. The summed E-state index contributed by atoms with van der Waals surface area (Å²) in [5.74, 6) is -0.701. The summed E-state index contributed by atoms with van der Waals surface area (Å²) in [6, 6.07) is 9.25. The van der Waals surface area contributed by atoms with Gasteiger partial charge in [-0.2, -0.15) is 0 Å². The average Bonchev–Trinajstić information content (AvgIpc) is 3.05. The van der Waals surface area contributed by atoms with Crippen LogP contribution < -0.4 is 10.2 Å². The molecule has 0 amide bonds. The van der Waals surface area contributed by atoms with Gasteiger partial charge in [0, 0.05) is 18.8 Å². The third-order valence-electron chi connectivity index (χ3n) is 4.57. The van der Waals surface area contributed by atoms with E-state index in [0.717, 1.165) is 25.9 Å². The molecule has 1 aromatic heterocycles. The summed E-state index contributed by atoms with van der Waals surface area (Å²) < 4.78 is 7.41. The van der Waals surface area contributed by atoms with Gasteiger partial charge >= 0.3 is 5.97 Å². The molecule has 25 heavy (non-hydrogen) atoms. The van der Waals surface area contributed by atoms with Crippen LogP contribution in [0.5, 0.6) is 11.5 Å². The molecule has 1 atom stereocenters. The van der Waals surface area contributed by atoms with E-state index < -0.39 is 11.4 Å². The minimum absolute atomic E-state index is 0.0344. The van der Waals surface area contributed by atoms with Crippen molar-refractivity contribution < 1.29 is 14.6 Å². The topological polar surface area (TPSA) is 71.8 Å². The molecule has 0 aliphatic carbocycles. The highest BCUT2D eigenvalue weighted by Crippen LogP contribution is 2.21. The minimum atomic E-state index is -1.24. The molecule has 0 radical (unpaired) electrons. The maximum atomic E-state index is 12.4. The van der Waals surface area contributed by atoms with E-state index >= 15 is 0 Å². The summed E-state index contributed by atoms with van der Waals surface area (Å²) in [5.41, 5.74) is -0.874. The van der Waals surface area contributed by atoms with Gasteiger partial charge in [0.1, 0.15) is 11.3 Å². The zero-order valence-electron chi connectivity index (χ0n) is 14.2. The average molecular weight is 342 g/mol. The third kappa shape index (κ3) is 3.91. The zero-order valence-corrected chi connectivity index (χ0v) is 14.2. The Balaban J connectivity index is 1.93. The Morgan fingerprint density at radius 3 is 2.72 bits per heavy atom. The monoisotopic (exact) mass is 342 g/mol. The first-order chi connectivity index (χ1) is 12.1. The highest BCUT2D eigenvalue weighted by atomic mass is 16.5. The van der Waals surface area contributed by atoms with Gasteiger partial charge in [0.2, 0.25) is 5.43 Å². The number of aromatic carboxylic acids is 1. The quantitative estimate of drug-likeness (QED) is 0.874. The summed E-state index contributed by atoms with van der Waals surface area (Å²) in [4.78, 5) is 26.2. The molecular formula is C19H22N2O4. The second-order valence-electron chi connectivity index (χ2n) is 6.21. The minimum Gasteiger partial charge on any atom is -0.477 e. The van der Waals surface area contributed by atoms with Crippen molar-refractivity contribution in [3.63, 3.8) is 0 Å². The Hall–Kier alpha value is -2.60. The van der Waals surface area contributed by atoms with Gasteiger partial charge in [0.15, 0.2) is 5.75 Å². The second-order valence-corrected chi connectivity index (χ2v) is 6.21. The van der Waals surface area contributed by atoms with E-state index in [9.17, 15) is 14.7 Å². The number of likely N-dealkylation sites (tertiary alicyclic amines) is 1. The number of pyridine rings is 1. The fourth-order valence-corrected chi connectivity index (χ4v) is 3.31. The van der Waals surface area contributed by atoms with Crippen molar-refractivity contribution in [1.82, 2.24) is 9.47 Å². The van der Waals surface area contributed by atoms with Gasteiger partial charge in [-0.3, -0.25) is 9.69 Å². The fourth-order valence-electron chi connectivity index (χ4n) is 3.31. The lowest BCUT2D eigenvalue weighted by Gasteiger charge is -2.24. The molecule has 6 heteroatoms. The SMILES string of the molecule is CCN1CCC[C@H]1Cn1cc(Oc2ccccc2)c(=O)c(C(=O)O)c1. The van der Waals surface area contributed by atoms with Gasteiger partial charge in [0.05, 0.1) is 6.20 Å². The molecule has 6 nitrogen and oxygen atoms in total. The molecule has 0 saturated carbocycles. The summed E-state index contributed by atoms with van der Waals surface area (Å²) in [6.07, 6.45) is 5.22. The van der Waals surface area contributed by atoms with Crippen LogP contribution in [0.4, 0.5) is 0 Å². The number of nitrogens with zero attached hydrogens (tertiary/aromatic N) is 2. The van der Waals surface area contributed by atoms with Crippen LogP contribution in [0.15, 0.2) is 47.5 Å². The van der Waals surface area contributed by atoms with Crippen molar-refractivity contribution in [3.05, 3.63) is 58.5 Å².